The predicted molar refractivity (Wildman–Crippen MR) is 129 cm³/mol. The Bertz CT molecular complexity index is 1540. The van der Waals surface area contributed by atoms with Crippen LogP contribution in [0.15, 0.2) is 36.5 Å². The summed E-state index contributed by atoms with van der Waals surface area (Å²) in [4.78, 5) is 15.1. The van der Waals surface area contributed by atoms with E-state index >= 15 is 4.39 Å². The second-order valence-corrected chi connectivity index (χ2v) is 8.15. The molecule has 2 aromatic carbocycles. The Hall–Kier alpha value is -4.34. The van der Waals surface area contributed by atoms with Crippen LogP contribution >= 0.6 is 0 Å². The summed E-state index contributed by atoms with van der Waals surface area (Å²) in [5.41, 5.74) is 0.442. The fourth-order valence-electron chi connectivity index (χ4n) is 4.50. The van der Waals surface area contributed by atoms with E-state index in [-0.39, 0.29) is 28.8 Å². The maximum atomic E-state index is 16.1. The number of pyridine rings is 1. The van der Waals surface area contributed by atoms with Crippen molar-refractivity contribution in [3.05, 3.63) is 53.7 Å². The lowest BCUT2D eigenvalue weighted by molar-refractivity contribution is 0.380. The number of benzene rings is 2. The summed E-state index contributed by atoms with van der Waals surface area (Å²) in [6.07, 6.45) is 7.44. The van der Waals surface area contributed by atoms with Gasteiger partial charge in [-0.15, -0.1) is 6.42 Å². The van der Waals surface area contributed by atoms with Gasteiger partial charge in [-0.3, -0.25) is 4.98 Å². The first-order valence-corrected chi connectivity index (χ1v) is 11.0. The van der Waals surface area contributed by atoms with Gasteiger partial charge in [0.1, 0.15) is 22.8 Å². The van der Waals surface area contributed by atoms with Crippen molar-refractivity contribution in [3.63, 3.8) is 0 Å². The van der Waals surface area contributed by atoms with Gasteiger partial charge in [0.15, 0.2) is 5.82 Å². The zero-order valence-corrected chi connectivity index (χ0v) is 18.8. The third kappa shape index (κ3) is 3.86. The van der Waals surface area contributed by atoms with E-state index in [0.717, 1.165) is 0 Å². The molecule has 9 heteroatoms. The third-order valence-corrected chi connectivity index (χ3v) is 6.11. The maximum absolute atomic E-state index is 16.1. The summed E-state index contributed by atoms with van der Waals surface area (Å²) in [7, 11) is 1.41. The van der Waals surface area contributed by atoms with Crippen molar-refractivity contribution >= 4 is 27.5 Å². The highest BCUT2D eigenvalue weighted by Crippen LogP contribution is 2.36. The average molecular weight is 470 g/mol. The molecule has 0 aliphatic carbocycles. The Balaban J connectivity index is 1.72. The number of terminal acetylenes is 1. The summed E-state index contributed by atoms with van der Waals surface area (Å²) in [5, 5.41) is 13.9. The molecule has 174 valence electrons. The topological polar surface area (TPSA) is 87.0 Å². The standard InChI is InChI=1S/C26H20F2N6O/c1-3-17-20(27)8-7-15-5-4-6-18(21(15)17)23-22(28)24-19(13-31-23)25(33-26(32-24)35-2)34-12-11-30-16(14-34)9-10-29/h1,4-8,13,16,30H,9,11-12,14H2,2H3/t16-/m0/s1. The van der Waals surface area contributed by atoms with Crippen LogP contribution in [0.1, 0.15) is 12.0 Å². The number of nitrogens with one attached hydrogen (secondary N) is 1. The second-order valence-electron chi connectivity index (χ2n) is 8.15. The minimum absolute atomic E-state index is 0.000397. The average Bonchev–Trinajstić information content (AvgIpc) is 2.88. The van der Waals surface area contributed by atoms with Gasteiger partial charge < -0.3 is 15.0 Å². The maximum Gasteiger partial charge on any atom is 0.318 e. The van der Waals surface area contributed by atoms with Gasteiger partial charge in [-0.05, 0) is 11.5 Å². The Morgan fingerprint density at radius 3 is 2.89 bits per heavy atom. The summed E-state index contributed by atoms with van der Waals surface area (Å²) >= 11 is 0. The predicted octanol–water partition coefficient (Wildman–Crippen LogP) is 3.80. The van der Waals surface area contributed by atoms with Crippen molar-refractivity contribution < 1.29 is 13.5 Å². The normalized spacial score (nSPS) is 15.7. The molecular weight excluding hydrogens is 450 g/mol. The number of hydrogen-bond acceptors (Lipinski definition) is 7. The number of aromatic nitrogens is 3. The second kappa shape index (κ2) is 9.13. The minimum Gasteiger partial charge on any atom is -0.467 e. The zero-order valence-electron chi connectivity index (χ0n) is 18.8. The molecule has 0 unspecified atom stereocenters. The highest BCUT2D eigenvalue weighted by atomic mass is 19.1. The third-order valence-electron chi connectivity index (χ3n) is 6.11. The fraction of sp³-hybridized carbons (Fsp3) is 0.231. The van der Waals surface area contributed by atoms with Crippen molar-refractivity contribution in [1.29, 1.82) is 5.26 Å². The van der Waals surface area contributed by atoms with Crippen LogP contribution in [0.5, 0.6) is 6.01 Å². The van der Waals surface area contributed by atoms with Crippen LogP contribution in [0.2, 0.25) is 0 Å². The van der Waals surface area contributed by atoms with Crippen LogP contribution in [-0.2, 0) is 0 Å². The van der Waals surface area contributed by atoms with E-state index in [1.807, 2.05) is 4.90 Å². The first-order valence-electron chi connectivity index (χ1n) is 11.0. The molecule has 7 nitrogen and oxygen atoms in total. The van der Waals surface area contributed by atoms with Crippen molar-refractivity contribution in [3.8, 4) is 35.7 Å². The lowest BCUT2D eigenvalue weighted by Gasteiger charge is -2.34. The van der Waals surface area contributed by atoms with Crippen LogP contribution < -0.4 is 15.0 Å². The molecule has 3 heterocycles. The number of fused-ring (bicyclic) bond motifs is 2. The van der Waals surface area contributed by atoms with Gasteiger partial charge >= 0.3 is 6.01 Å². The number of methoxy groups -OCH3 is 1. The molecular formula is C26H20F2N6O. The fourth-order valence-corrected chi connectivity index (χ4v) is 4.50. The van der Waals surface area contributed by atoms with E-state index < -0.39 is 11.6 Å². The first kappa shape index (κ1) is 22.5. The van der Waals surface area contributed by atoms with E-state index in [9.17, 15) is 4.39 Å². The van der Waals surface area contributed by atoms with Crippen molar-refractivity contribution in [1.82, 2.24) is 20.3 Å². The largest absolute Gasteiger partial charge is 0.467 e. The number of piperazine rings is 1. The Kier molecular flexibility index (Phi) is 5.86. The lowest BCUT2D eigenvalue weighted by Crippen LogP contribution is -2.51. The van der Waals surface area contributed by atoms with E-state index in [0.29, 0.717) is 53.6 Å². The van der Waals surface area contributed by atoms with Gasteiger partial charge in [0.2, 0.25) is 0 Å². The van der Waals surface area contributed by atoms with Gasteiger partial charge in [0.05, 0.1) is 30.5 Å². The Morgan fingerprint density at radius 2 is 2.11 bits per heavy atom. The number of hydrogen-bond donors (Lipinski definition) is 1. The molecule has 5 rings (SSSR count). The SMILES string of the molecule is C#Cc1c(F)ccc2cccc(-c3ncc4c(N5CCN[C@@H](CC#N)C5)nc(OC)nc4c3F)c12. The molecule has 1 saturated heterocycles. The number of halogens is 2. The number of nitrogens with zero attached hydrogens (tertiary/aromatic N) is 5. The van der Waals surface area contributed by atoms with Crippen LogP contribution in [0.3, 0.4) is 0 Å². The van der Waals surface area contributed by atoms with Gasteiger partial charge in [0, 0.05) is 42.8 Å². The van der Waals surface area contributed by atoms with E-state index in [4.69, 9.17) is 16.4 Å². The molecule has 1 atom stereocenters. The van der Waals surface area contributed by atoms with Gasteiger partial charge in [-0.2, -0.15) is 15.2 Å². The molecule has 0 saturated carbocycles. The molecule has 0 radical (unpaired) electrons. The Morgan fingerprint density at radius 1 is 1.26 bits per heavy atom. The van der Waals surface area contributed by atoms with E-state index in [2.05, 4.69) is 32.3 Å². The lowest BCUT2D eigenvalue weighted by atomic mass is 9.96. The Labute approximate surface area is 200 Å². The first-order chi connectivity index (χ1) is 17.0. The molecule has 1 aliphatic rings. The van der Waals surface area contributed by atoms with Crippen molar-refractivity contribution in [2.75, 3.05) is 31.6 Å². The smallest absolute Gasteiger partial charge is 0.318 e. The van der Waals surface area contributed by atoms with Crippen LogP contribution in [0.4, 0.5) is 14.6 Å². The monoisotopic (exact) mass is 470 g/mol. The molecule has 0 bridgehead atoms. The van der Waals surface area contributed by atoms with Crippen molar-refractivity contribution in [2.24, 2.45) is 0 Å². The number of rotatable bonds is 4. The van der Waals surface area contributed by atoms with E-state index in [1.54, 1.807) is 24.3 Å². The molecule has 1 N–H and O–H groups in total. The van der Waals surface area contributed by atoms with Gasteiger partial charge in [0.25, 0.3) is 0 Å². The molecule has 0 amide bonds. The molecule has 1 aliphatic heterocycles. The quantitative estimate of drug-likeness (QED) is 0.454. The zero-order chi connectivity index (χ0) is 24.5. The number of ether oxygens (including phenoxy) is 1. The van der Waals surface area contributed by atoms with Crippen LogP contribution in [-0.4, -0.2) is 47.7 Å². The summed E-state index contributed by atoms with van der Waals surface area (Å²) in [6.45, 7) is 1.76. The van der Waals surface area contributed by atoms with Crippen LogP contribution in [0.25, 0.3) is 32.9 Å². The summed E-state index contributed by atoms with van der Waals surface area (Å²) in [5.74, 6) is 1.61. The highest BCUT2D eigenvalue weighted by molar-refractivity contribution is 6.02. The molecule has 0 spiro atoms. The van der Waals surface area contributed by atoms with Gasteiger partial charge in [-0.1, -0.05) is 30.2 Å². The summed E-state index contributed by atoms with van der Waals surface area (Å²) in [6, 6.07) is 10.2. The number of nitriles is 1. The molecule has 2 aromatic heterocycles. The highest BCUT2D eigenvalue weighted by Gasteiger charge is 2.26. The van der Waals surface area contributed by atoms with Crippen molar-refractivity contribution in [2.45, 2.75) is 12.5 Å². The molecule has 4 aromatic rings. The summed E-state index contributed by atoms with van der Waals surface area (Å²) < 4.78 is 35.8. The minimum atomic E-state index is -0.687. The molecule has 1 fully saturated rings. The number of anilines is 1. The molecule has 35 heavy (non-hydrogen) atoms. The van der Waals surface area contributed by atoms with E-state index in [1.165, 1.54) is 19.4 Å². The van der Waals surface area contributed by atoms with Crippen LogP contribution in [0, 0.1) is 35.3 Å². The van der Waals surface area contributed by atoms with Gasteiger partial charge in [-0.25, -0.2) is 8.78 Å².